The van der Waals surface area contributed by atoms with E-state index >= 15 is 0 Å². The number of hydrogen-bond acceptors (Lipinski definition) is 6. The molecule has 0 atom stereocenters. The normalized spacial score (nSPS) is 9.91. The van der Waals surface area contributed by atoms with Gasteiger partial charge in [-0.15, -0.1) is 0 Å². The van der Waals surface area contributed by atoms with Crippen LogP contribution in [0.25, 0.3) is 11.4 Å². The molecule has 0 spiro atoms. The molecule has 0 saturated heterocycles. The Hall–Kier alpha value is -3.92. The van der Waals surface area contributed by atoms with Crippen molar-refractivity contribution in [2.75, 3.05) is 0 Å². The molecular weight excluding hydrogens is 510 g/mol. The number of aldehydes is 1. The van der Waals surface area contributed by atoms with Crippen molar-refractivity contribution >= 4 is 22.2 Å². The molecule has 0 aliphatic rings. The highest BCUT2D eigenvalue weighted by atomic mass is 79.9. The highest BCUT2D eigenvalue weighted by molar-refractivity contribution is 9.10. The van der Waals surface area contributed by atoms with Crippen molar-refractivity contribution in [2.45, 2.75) is 13.2 Å². The van der Waals surface area contributed by atoms with Crippen molar-refractivity contribution in [3.8, 4) is 11.4 Å². The monoisotopic (exact) mass is 533 g/mol. The highest BCUT2D eigenvalue weighted by Gasteiger charge is 1.97. The van der Waals surface area contributed by atoms with Crippen molar-refractivity contribution in [1.82, 2.24) is 24.1 Å². The maximum atomic E-state index is 10.5. The molecule has 0 aliphatic heterocycles. The molecular formula is C26H24BrN5O3. The van der Waals surface area contributed by atoms with Gasteiger partial charge in [0.2, 0.25) is 0 Å². The quantitative estimate of drug-likeness (QED) is 0.324. The molecule has 5 heterocycles. The number of aliphatic hydroxyl groups excluding tert-OH is 2. The molecule has 2 N–H and O–H groups in total. The number of rotatable bonds is 5. The van der Waals surface area contributed by atoms with Crippen LogP contribution in [0.2, 0.25) is 0 Å². The van der Waals surface area contributed by atoms with Gasteiger partial charge < -0.3 is 19.3 Å². The van der Waals surface area contributed by atoms with Gasteiger partial charge in [0.1, 0.15) is 0 Å². The van der Waals surface area contributed by atoms with Crippen LogP contribution in [0.5, 0.6) is 0 Å². The lowest BCUT2D eigenvalue weighted by atomic mass is 10.3. The summed E-state index contributed by atoms with van der Waals surface area (Å²) in [4.78, 5) is 22.3. The summed E-state index contributed by atoms with van der Waals surface area (Å²) in [5.41, 5.74) is 4.10. The minimum Gasteiger partial charge on any atom is -0.392 e. The van der Waals surface area contributed by atoms with Crippen LogP contribution in [0.15, 0.2) is 109 Å². The maximum Gasteiger partial charge on any atom is 0.151 e. The Bertz CT molecular complexity index is 1310. The number of nitrogens with zero attached hydrogens (tertiary/aromatic N) is 5. The zero-order valence-corrected chi connectivity index (χ0v) is 20.3. The van der Waals surface area contributed by atoms with E-state index < -0.39 is 0 Å². The summed E-state index contributed by atoms with van der Waals surface area (Å²) < 4.78 is 4.75. The molecule has 0 aromatic carbocycles. The summed E-state index contributed by atoms with van der Waals surface area (Å²) in [6, 6.07) is 13.3. The predicted octanol–water partition coefficient (Wildman–Crippen LogP) is 4.39. The fourth-order valence-corrected chi connectivity index (χ4v) is 3.32. The third-order valence-electron chi connectivity index (χ3n) is 4.59. The number of pyridine rings is 3. The first-order valence-corrected chi connectivity index (χ1v) is 11.3. The van der Waals surface area contributed by atoms with Gasteiger partial charge in [-0.05, 0) is 69.5 Å². The fraction of sp³-hybridized carbons (Fsp3) is 0.0769. The number of aliphatic hydroxyl groups is 2. The lowest BCUT2D eigenvalue weighted by molar-refractivity contribution is 0.112. The molecule has 0 bridgehead atoms. The zero-order valence-electron chi connectivity index (χ0n) is 18.7. The summed E-state index contributed by atoms with van der Waals surface area (Å²) in [7, 11) is 0. The van der Waals surface area contributed by atoms with Gasteiger partial charge in [-0.25, -0.2) is 0 Å². The molecule has 0 aliphatic carbocycles. The molecule has 35 heavy (non-hydrogen) atoms. The van der Waals surface area contributed by atoms with Gasteiger partial charge in [0.15, 0.2) is 6.29 Å². The second kappa shape index (κ2) is 13.7. The van der Waals surface area contributed by atoms with E-state index in [-0.39, 0.29) is 13.2 Å². The number of hydrogen-bond donors (Lipinski definition) is 2. The summed E-state index contributed by atoms with van der Waals surface area (Å²) in [5.74, 6) is 0. The van der Waals surface area contributed by atoms with E-state index in [1.54, 1.807) is 43.2 Å². The van der Waals surface area contributed by atoms with E-state index in [0.29, 0.717) is 5.56 Å². The Morgan fingerprint density at radius 1 is 0.686 bits per heavy atom. The van der Waals surface area contributed by atoms with Crippen LogP contribution < -0.4 is 0 Å². The third-order valence-corrected chi connectivity index (χ3v) is 5.03. The van der Waals surface area contributed by atoms with E-state index in [9.17, 15) is 4.79 Å². The van der Waals surface area contributed by atoms with Crippen molar-refractivity contribution in [3.63, 3.8) is 0 Å². The van der Waals surface area contributed by atoms with Crippen molar-refractivity contribution in [3.05, 3.63) is 126 Å². The van der Waals surface area contributed by atoms with Crippen LogP contribution in [-0.4, -0.2) is 40.6 Å². The number of halogens is 1. The van der Waals surface area contributed by atoms with Crippen molar-refractivity contribution in [1.29, 1.82) is 0 Å². The Balaban J connectivity index is 0.000000150. The Morgan fingerprint density at radius 2 is 1.17 bits per heavy atom. The van der Waals surface area contributed by atoms with Crippen molar-refractivity contribution < 1.29 is 15.0 Å². The predicted molar refractivity (Wildman–Crippen MR) is 136 cm³/mol. The first-order valence-electron chi connectivity index (χ1n) is 10.5. The lowest BCUT2D eigenvalue weighted by Crippen LogP contribution is -1.93. The largest absolute Gasteiger partial charge is 0.392 e. The molecule has 5 rings (SSSR count). The highest BCUT2D eigenvalue weighted by Crippen LogP contribution is 2.10. The van der Waals surface area contributed by atoms with E-state index in [0.717, 1.165) is 33.3 Å². The van der Waals surface area contributed by atoms with Gasteiger partial charge in [-0.1, -0.05) is 0 Å². The molecule has 178 valence electrons. The van der Waals surface area contributed by atoms with Crippen LogP contribution in [-0.2, 0) is 13.2 Å². The van der Waals surface area contributed by atoms with E-state index in [4.69, 9.17) is 10.2 Å². The van der Waals surface area contributed by atoms with E-state index in [2.05, 4.69) is 30.9 Å². The molecule has 0 unspecified atom stereocenters. The summed E-state index contributed by atoms with van der Waals surface area (Å²) in [6.45, 7) is 0.0779. The van der Waals surface area contributed by atoms with Gasteiger partial charge in [0, 0.05) is 59.6 Å². The minimum atomic E-state index is 0.0299. The fourth-order valence-electron chi connectivity index (χ4n) is 2.91. The van der Waals surface area contributed by atoms with Crippen LogP contribution >= 0.6 is 15.9 Å². The van der Waals surface area contributed by atoms with Crippen LogP contribution in [0.4, 0.5) is 0 Å². The lowest BCUT2D eigenvalue weighted by Gasteiger charge is -2.03. The average Bonchev–Trinajstić information content (AvgIpc) is 3.65. The van der Waals surface area contributed by atoms with Gasteiger partial charge in [-0.2, -0.15) is 0 Å². The smallest absolute Gasteiger partial charge is 0.151 e. The Labute approximate surface area is 211 Å². The number of aromatic nitrogens is 5. The molecule has 5 aromatic rings. The summed E-state index contributed by atoms with van der Waals surface area (Å²) >= 11 is 3.23. The van der Waals surface area contributed by atoms with Crippen LogP contribution in [0.1, 0.15) is 21.5 Å². The molecule has 9 heteroatoms. The molecule has 5 aromatic heterocycles. The molecule has 0 fully saturated rings. The third kappa shape index (κ3) is 8.11. The summed E-state index contributed by atoms with van der Waals surface area (Å²) in [5, 5.41) is 17.5. The number of carbonyl (C=O) groups excluding carboxylic acids is 1. The molecule has 0 radical (unpaired) electrons. The molecule has 0 saturated carbocycles. The first-order chi connectivity index (χ1) is 17.1. The Morgan fingerprint density at radius 3 is 1.66 bits per heavy atom. The van der Waals surface area contributed by atoms with Gasteiger partial charge in [0.05, 0.1) is 37.0 Å². The standard InChI is InChI=1S/C10H10N2O.C10H8N2O.C6H6BrNO/c2*13-8-9-5-10(7-11-6-9)12-3-1-2-4-12;7-6-1-5(4-9)2-8-3-6/h1-7,13H,8H2;1-8H;1-3,9H,4H2. The topological polar surface area (TPSA) is 106 Å². The second-order valence-electron chi connectivity index (χ2n) is 7.15. The van der Waals surface area contributed by atoms with E-state index in [1.807, 2.05) is 70.3 Å². The maximum absolute atomic E-state index is 10.5. The Kier molecular flexibility index (Phi) is 10.1. The van der Waals surface area contributed by atoms with Crippen LogP contribution in [0, 0.1) is 0 Å². The van der Waals surface area contributed by atoms with Crippen LogP contribution in [0.3, 0.4) is 0 Å². The number of carbonyl (C=O) groups is 1. The van der Waals surface area contributed by atoms with Gasteiger partial charge in [-0.3, -0.25) is 19.7 Å². The average molecular weight is 534 g/mol. The zero-order chi connectivity index (χ0) is 24.9. The second-order valence-corrected chi connectivity index (χ2v) is 8.07. The SMILES string of the molecule is O=Cc1cncc(-n2cccc2)c1.OCc1cncc(-n2cccc2)c1.OCc1cncc(Br)c1. The van der Waals surface area contributed by atoms with Gasteiger partial charge in [0.25, 0.3) is 0 Å². The molecule has 8 nitrogen and oxygen atoms in total. The van der Waals surface area contributed by atoms with Gasteiger partial charge >= 0.3 is 0 Å². The molecule has 0 amide bonds. The minimum absolute atomic E-state index is 0.0299. The summed E-state index contributed by atoms with van der Waals surface area (Å²) in [6.07, 6.45) is 18.5. The van der Waals surface area contributed by atoms with E-state index in [1.165, 1.54) is 0 Å². The van der Waals surface area contributed by atoms with Crippen molar-refractivity contribution in [2.24, 2.45) is 0 Å². The first kappa shape index (κ1) is 25.7.